The minimum absolute atomic E-state index is 0.178. The molecule has 4 rings (SSSR count). The lowest BCUT2D eigenvalue weighted by Gasteiger charge is -2.21. The number of carbonyl (C=O) groups is 1. The largest absolute Gasteiger partial charge is 0.340 e. The number of halogens is 2. The van der Waals surface area contributed by atoms with E-state index in [4.69, 9.17) is 0 Å². The van der Waals surface area contributed by atoms with Gasteiger partial charge in [0.1, 0.15) is 17.0 Å². The highest BCUT2D eigenvalue weighted by Crippen LogP contribution is 2.61. The van der Waals surface area contributed by atoms with Crippen molar-refractivity contribution in [3.05, 3.63) is 59.7 Å². The summed E-state index contributed by atoms with van der Waals surface area (Å²) < 4.78 is 54.3. The standard InChI is InChI=1S/C22H21F2N3O3S/c1-31(29,30)26-14-9-10-27(12-14)21(28)22(13-25)11-17(22)15-5-2-3-6-16(15)20-18(23)7-4-8-19(20)24/h2-8,14,17,26H,9-12H2,1H3/t14-,17+,22+/m0/s1. The van der Waals surface area contributed by atoms with E-state index in [0.717, 1.165) is 6.26 Å². The van der Waals surface area contributed by atoms with Gasteiger partial charge in [-0.2, -0.15) is 5.26 Å². The molecule has 2 fully saturated rings. The Bertz CT molecular complexity index is 1170. The molecule has 0 bridgehead atoms. The molecule has 9 heteroatoms. The van der Waals surface area contributed by atoms with Gasteiger partial charge in [-0.25, -0.2) is 21.9 Å². The minimum Gasteiger partial charge on any atom is -0.340 e. The molecule has 2 aromatic rings. The summed E-state index contributed by atoms with van der Waals surface area (Å²) in [7, 11) is -3.40. The smallest absolute Gasteiger partial charge is 0.243 e. The molecule has 1 aliphatic heterocycles. The molecule has 162 valence electrons. The predicted molar refractivity (Wildman–Crippen MR) is 110 cm³/mol. The van der Waals surface area contributed by atoms with Crippen LogP contribution in [0, 0.1) is 28.4 Å². The first-order valence-electron chi connectivity index (χ1n) is 9.87. The zero-order valence-corrected chi connectivity index (χ0v) is 17.6. The number of likely N-dealkylation sites (tertiary alicyclic amines) is 1. The fourth-order valence-corrected chi connectivity index (χ4v) is 5.25. The van der Waals surface area contributed by atoms with Gasteiger partial charge in [0.2, 0.25) is 15.9 Å². The van der Waals surface area contributed by atoms with E-state index in [0.29, 0.717) is 24.1 Å². The number of amides is 1. The molecule has 2 aromatic carbocycles. The first-order chi connectivity index (χ1) is 14.7. The summed E-state index contributed by atoms with van der Waals surface area (Å²) in [5.41, 5.74) is -0.627. The third-order valence-corrected chi connectivity index (χ3v) is 6.73. The third-order valence-electron chi connectivity index (χ3n) is 5.97. The fourth-order valence-electron chi connectivity index (χ4n) is 4.46. The average Bonchev–Trinajstić information content (AvgIpc) is 3.29. The maximum Gasteiger partial charge on any atom is 0.243 e. The number of hydrogen-bond donors (Lipinski definition) is 1. The Morgan fingerprint density at radius 2 is 1.87 bits per heavy atom. The maximum atomic E-state index is 14.4. The van der Waals surface area contributed by atoms with Crippen molar-refractivity contribution in [1.82, 2.24) is 9.62 Å². The van der Waals surface area contributed by atoms with Crippen molar-refractivity contribution in [2.45, 2.75) is 24.8 Å². The summed E-state index contributed by atoms with van der Waals surface area (Å²) in [5, 5.41) is 9.88. The molecule has 0 spiro atoms. The van der Waals surface area contributed by atoms with E-state index in [1.54, 1.807) is 24.3 Å². The molecular formula is C22H21F2N3O3S. The summed E-state index contributed by atoms with van der Waals surface area (Å²) in [6.45, 7) is 0.525. The molecule has 31 heavy (non-hydrogen) atoms. The van der Waals surface area contributed by atoms with Gasteiger partial charge in [0.15, 0.2) is 0 Å². The molecule has 2 aliphatic rings. The molecule has 0 aromatic heterocycles. The molecule has 0 unspecified atom stereocenters. The van der Waals surface area contributed by atoms with Crippen molar-refractivity contribution in [2.24, 2.45) is 5.41 Å². The van der Waals surface area contributed by atoms with E-state index in [9.17, 15) is 27.3 Å². The van der Waals surface area contributed by atoms with Crippen molar-refractivity contribution >= 4 is 15.9 Å². The van der Waals surface area contributed by atoms with Gasteiger partial charge in [-0.1, -0.05) is 30.3 Å². The van der Waals surface area contributed by atoms with Gasteiger partial charge in [0.25, 0.3) is 0 Å². The highest BCUT2D eigenvalue weighted by molar-refractivity contribution is 7.88. The number of benzene rings is 2. The second kappa shape index (κ2) is 7.70. The van der Waals surface area contributed by atoms with Crippen molar-refractivity contribution in [3.8, 4) is 17.2 Å². The van der Waals surface area contributed by atoms with Crippen LogP contribution in [0.4, 0.5) is 8.78 Å². The number of nitrogens with one attached hydrogen (secondary N) is 1. The van der Waals surface area contributed by atoms with Crippen LogP contribution in [0.3, 0.4) is 0 Å². The predicted octanol–water partition coefficient (Wildman–Crippen LogP) is 2.78. The first-order valence-corrected chi connectivity index (χ1v) is 11.8. The van der Waals surface area contributed by atoms with Gasteiger partial charge < -0.3 is 4.90 Å². The summed E-state index contributed by atoms with van der Waals surface area (Å²) in [5.74, 6) is -2.30. The average molecular weight is 445 g/mol. The Kier molecular flexibility index (Phi) is 5.31. The van der Waals surface area contributed by atoms with Crippen LogP contribution in [-0.2, 0) is 14.8 Å². The number of hydrogen-bond acceptors (Lipinski definition) is 4. The van der Waals surface area contributed by atoms with Crippen molar-refractivity contribution in [2.75, 3.05) is 19.3 Å². The molecule has 1 saturated carbocycles. The van der Waals surface area contributed by atoms with Gasteiger partial charge in [0.05, 0.1) is 17.9 Å². The normalized spacial score (nSPS) is 25.3. The molecular weight excluding hydrogens is 424 g/mol. The van der Waals surface area contributed by atoms with Crippen LogP contribution in [0.2, 0.25) is 0 Å². The molecule has 1 heterocycles. The van der Waals surface area contributed by atoms with Crippen LogP contribution >= 0.6 is 0 Å². The van der Waals surface area contributed by atoms with E-state index in [-0.39, 0.29) is 24.4 Å². The maximum absolute atomic E-state index is 14.4. The zero-order valence-electron chi connectivity index (χ0n) is 16.8. The highest BCUT2D eigenvalue weighted by Gasteiger charge is 2.63. The molecule has 1 saturated heterocycles. The lowest BCUT2D eigenvalue weighted by Crippen LogP contribution is -2.40. The molecule has 1 N–H and O–H groups in total. The van der Waals surface area contributed by atoms with Gasteiger partial charge >= 0.3 is 0 Å². The van der Waals surface area contributed by atoms with E-state index in [1.807, 2.05) is 0 Å². The molecule has 1 aliphatic carbocycles. The van der Waals surface area contributed by atoms with Crippen LogP contribution in [0.15, 0.2) is 42.5 Å². The Morgan fingerprint density at radius 1 is 1.19 bits per heavy atom. The number of sulfonamides is 1. The number of nitrogens with zero attached hydrogens (tertiary/aromatic N) is 2. The molecule has 1 amide bonds. The number of carbonyl (C=O) groups excluding carboxylic acids is 1. The summed E-state index contributed by atoms with van der Waals surface area (Å²) in [4.78, 5) is 14.7. The summed E-state index contributed by atoms with van der Waals surface area (Å²) in [6, 6.07) is 12.0. The number of rotatable bonds is 5. The van der Waals surface area contributed by atoms with Crippen molar-refractivity contribution in [3.63, 3.8) is 0 Å². The molecule has 3 atom stereocenters. The van der Waals surface area contributed by atoms with Crippen LogP contribution in [0.25, 0.3) is 11.1 Å². The second-order valence-electron chi connectivity index (χ2n) is 8.15. The number of nitriles is 1. The van der Waals surface area contributed by atoms with Crippen molar-refractivity contribution < 1.29 is 22.0 Å². The van der Waals surface area contributed by atoms with Crippen LogP contribution in [0.5, 0.6) is 0 Å². The SMILES string of the molecule is CS(=O)(=O)N[C@H]1CCN(C(=O)[C@@]2(C#N)C[C@@H]2c2ccccc2-c2c(F)cccc2F)C1. The molecule has 0 radical (unpaired) electrons. The van der Waals surface area contributed by atoms with Gasteiger partial charge in [-0.15, -0.1) is 0 Å². The molecule has 6 nitrogen and oxygen atoms in total. The Hall–Kier alpha value is -2.83. The lowest BCUT2D eigenvalue weighted by atomic mass is 9.91. The summed E-state index contributed by atoms with van der Waals surface area (Å²) in [6.07, 6.45) is 1.77. The third kappa shape index (κ3) is 3.93. The summed E-state index contributed by atoms with van der Waals surface area (Å²) >= 11 is 0. The monoisotopic (exact) mass is 445 g/mol. The van der Waals surface area contributed by atoms with Gasteiger partial charge in [0, 0.05) is 25.0 Å². The van der Waals surface area contributed by atoms with E-state index in [1.165, 1.54) is 23.1 Å². The van der Waals surface area contributed by atoms with Crippen molar-refractivity contribution in [1.29, 1.82) is 5.26 Å². The van der Waals surface area contributed by atoms with E-state index in [2.05, 4.69) is 10.8 Å². The highest BCUT2D eigenvalue weighted by atomic mass is 32.2. The van der Waals surface area contributed by atoms with E-state index >= 15 is 0 Å². The van der Waals surface area contributed by atoms with Gasteiger partial charge in [-0.3, -0.25) is 4.79 Å². The van der Waals surface area contributed by atoms with Crippen LogP contribution < -0.4 is 4.72 Å². The fraction of sp³-hybridized carbons (Fsp3) is 0.364. The van der Waals surface area contributed by atoms with E-state index < -0.39 is 39.0 Å². The Morgan fingerprint density at radius 3 is 2.52 bits per heavy atom. The minimum atomic E-state index is -3.40. The first kappa shape index (κ1) is 21.4. The van der Waals surface area contributed by atoms with Crippen LogP contribution in [0.1, 0.15) is 24.3 Å². The zero-order chi connectivity index (χ0) is 22.4. The quantitative estimate of drug-likeness (QED) is 0.766. The Balaban J connectivity index is 1.62. The van der Waals surface area contributed by atoms with Gasteiger partial charge in [-0.05, 0) is 36.1 Å². The Labute approximate surface area is 179 Å². The second-order valence-corrected chi connectivity index (χ2v) is 9.93. The van der Waals surface area contributed by atoms with Crippen LogP contribution in [-0.4, -0.2) is 44.6 Å². The topological polar surface area (TPSA) is 90.3 Å². The lowest BCUT2D eigenvalue weighted by molar-refractivity contribution is -0.134.